The van der Waals surface area contributed by atoms with Crippen LogP contribution in [-0.4, -0.2) is 68.3 Å². The molecule has 0 radical (unpaired) electrons. The number of nitrogens with one attached hydrogen (secondary N) is 3. The van der Waals surface area contributed by atoms with Gasteiger partial charge in [-0.15, -0.1) is 0 Å². The van der Waals surface area contributed by atoms with Gasteiger partial charge >= 0.3 is 20.5 Å². The van der Waals surface area contributed by atoms with Crippen LogP contribution < -0.4 is 16.0 Å². The largest absolute Gasteiger partial charge is 0.462 e. The molecule has 0 aliphatic heterocycles. The molecule has 62 heavy (non-hydrogen) atoms. The van der Waals surface area contributed by atoms with Crippen LogP contribution in [0.3, 0.4) is 0 Å². The number of hydrogen-bond acceptors (Lipinski definition) is 12. The number of esters is 2. The van der Waals surface area contributed by atoms with Gasteiger partial charge in [0.25, 0.3) is 0 Å². The summed E-state index contributed by atoms with van der Waals surface area (Å²) < 4.78 is 17.2. The van der Waals surface area contributed by atoms with E-state index in [1.807, 2.05) is 6.55 Å². The van der Waals surface area contributed by atoms with Crippen molar-refractivity contribution in [3.05, 3.63) is 59.7 Å². The van der Waals surface area contributed by atoms with E-state index < -0.39 is 16.9 Å². The number of nitrogens with zero attached hydrogens (tertiary/aromatic N) is 3. The van der Waals surface area contributed by atoms with Crippen molar-refractivity contribution in [2.24, 2.45) is 0 Å². The second kappa shape index (κ2) is 30.3. The molecule has 0 bridgehead atoms. The van der Waals surface area contributed by atoms with Gasteiger partial charge in [0.2, 0.25) is 17.8 Å². The molecule has 0 spiro atoms. The molecule has 0 aliphatic rings. The standard InChI is InChI=1S/C48H80N6O6Si2/c1-7-9-11-13-15-17-19-21-23-25-37-58-44(55)40-28-32-42(33-29-40)50-47-52-46(49-36-27-39-62(6,57)60-61(3,4)5)53-48(54-47)51-43-34-30-41(31-35-43)45(56)59-38-26-24-22-20-18-16-14-12-10-8-2/h28-35,57H,7-27,36-39H2,1-6H3,(H3,49,50,51,52,53,54). The van der Waals surface area contributed by atoms with Crippen molar-refractivity contribution in [1.29, 1.82) is 0 Å². The van der Waals surface area contributed by atoms with Crippen molar-refractivity contribution in [2.75, 3.05) is 35.7 Å². The molecular formula is C48H80N6O6Si2. The van der Waals surface area contributed by atoms with E-state index in [1.165, 1.54) is 103 Å². The van der Waals surface area contributed by atoms with Crippen LogP contribution in [0, 0.1) is 0 Å². The lowest BCUT2D eigenvalue weighted by atomic mass is 10.1. The zero-order valence-corrected chi connectivity index (χ0v) is 41.1. The van der Waals surface area contributed by atoms with Gasteiger partial charge in [-0.05, 0) is 100 Å². The molecule has 2 aromatic carbocycles. The van der Waals surface area contributed by atoms with E-state index in [4.69, 9.17) is 13.6 Å². The zero-order valence-electron chi connectivity index (χ0n) is 39.1. The molecule has 0 saturated heterocycles. The molecule has 4 N–H and O–H groups in total. The molecule has 0 amide bonds. The number of unbranched alkanes of at least 4 members (excludes halogenated alkanes) is 18. The summed E-state index contributed by atoms with van der Waals surface area (Å²) in [7, 11) is -4.66. The lowest BCUT2D eigenvalue weighted by molar-refractivity contribution is 0.0488. The number of hydrogen-bond donors (Lipinski definition) is 4. The first-order chi connectivity index (χ1) is 29.9. The van der Waals surface area contributed by atoms with Gasteiger partial charge in [-0.3, -0.25) is 0 Å². The normalized spacial score (nSPS) is 12.4. The van der Waals surface area contributed by atoms with Crippen molar-refractivity contribution in [3.8, 4) is 0 Å². The molecule has 1 unspecified atom stereocenters. The van der Waals surface area contributed by atoms with Crippen LogP contribution in [0.1, 0.15) is 169 Å². The number of rotatable bonds is 35. The van der Waals surface area contributed by atoms with E-state index in [1.54, 1.807) is 48.5 Å². The second-order valence-corrected chi connectivity index (χ2v) is 25.7. The summed E-state index contributed by atoms with van der Waals surface area (Å²) in [4.78, 5) is 50.2. The monoisotopic (exact) mass is 893 g/mol. The van der Waals surface area contributed by atoms with Crippen LogP contribution in [0.2, 0.25) is 32.2 Å². The summed E-state index contributed by atoms with van der Waals surface area (Å²) in [6.07, 6.45) is 25.2. The number of aromatic nitrogens is 3. The van der Waals surface area contributed by atoms with Crippen LogP contribution in [0.25, 0.3) is 0 Å². The van der Waals surface area contributed by atoms with Crippen molar-refractivity contribution >= 4 is 58.0 Å². The Morgan fingerprint density at radius 2 is 0.871 bits per heavy atom. The minimum atomic E-state index is -2.79. The first kappa shape index (κ1) is 52.5. The van der Waals surface area contributed by atoms with Crippen LogP contribution >= 0.6 is 0 Å². The summed E-state index contributed by atoms with van der Waals surface area (Å²) in [5, 5.41) is 9.75. The van der Waals surface area contributed by atoms with Crippen molar-refractivity contribution in [2.45, 2.75) is 181 Å². The third-order valence-electron chi connectivity index (χ3n) is 10.5. The maximum Gasteiger partial charge on any atom is 0.338 e. The molecule has 1 heterocycles. The summed E-state index contributed by atoms with van der Waals surface area (Å²) in [5.41, 5.74) is 2.33. The topological polar surface area (TPSA) is 157 Å². The van der Waals surface area contributed by atoms with Gasteiger partial charge in [0.15, 0.2) is 8.32 Å². The van der Waals surface area contributed by atoms with E-state index in [2.05, 4.69) is 64.4 Å². The molecule has 346 valence electrons. The highest BCUT2D eigenvalue weighted by molar-refractivity contribution is 6.81. The number of ether oxygens (including phenoxy) is 2. The molecule has 3 rings (SSSR count). The maximum absolute atomic E-state index is 12.7. The van der Waals surface area contributed by atoms with Gasteiger partial charge in [0, 0.05) is 17.9 Å². The number of anilines is 5. The van der Waals surface area contributed by atoms with E-state index in [0.717, 1.165) is 25.7 Å². The summed E-state index contributed by atoms with van der Waals surface area (Å²) in [5.74, 6) is 0.248. The minimum absolute atomic E-state index is 0.289. The molecule has 3 aromatic rings. The van der Waals surface area contributed by atoms with Crippen LogP contribution in [0.5, 0.6) is 0 Å². The average Bonchev–Trinajstić information content (AvgIpc) is 3.23. The third-order valence-corrected chi connectivity index (χ3v) is 16.0. The quantitative estimate of drug-likeness (QED) is 0.0252. The molecular weight excluding hydrogens is 813 g/mol. The van der Waals surface area contributed by atoms with Crippen molar-refractivity contribution in [3.63, 3.8) is 0 Å². The third kappa shape index (κ3) is 24.1. The molecule has 0 saturated carbocycles. The van der Waals surface area contributed by atoms with Gasteiger partial charge in [-0.1, -0.05) is 129 Å². The SMILES string of the molecule is CCCCCCCCCCCCOC(=O)c1ccc(Nc2nc(NCCC[Si](C)(O)O[Si](C)(C)C)nc(Nc3ccc(C(=O)OCCCCCCCCCCCC)cc3)n2)cc1. The highest BCUT2D eigenvalue weighted by atomic mass is 28.4. The highest BCUT2D eigenvalue weighted by Crippen LogP contribution is 2.22. The smallest absolute Gasteiger partial charge is 0.338 e. The molecule has 1 aromatic heterocycles. The Morgan fingerprint density at radius 3 is 1.24 bits per heavy atom. The van der Waals surface area contributed by atoms with E-state index in [-0.39, 0.29) is 23.8 Å². The molecule has 0 aliphatic carbocycles. The highest BCUT2D eigenvalue weighted by Gasteiger charge is 2.32. The fourth-order valence-corrected chi connectivity index (χ4v) is 13.7. The first-order valence-electron chi connectivity index (χ1n) is 23.9. The Balaban J connectivity index is 1.54. The van der Waals surface area contributed by atoms with Crippen LogP contribution in [0.15, 0.2) is 48.5 Å². The van der Waals surface area contributed by atoms with E-state index in [9.17, 15) is 14.4 Å². The van der Waals surface area contributed by atoms with Gasteiger partial charge in [-0.25, -0.2) is 9.59 Å². The Hall–Kier alpha value is -3.86. The van der Waals surface area contributed by atoms with Gasteiger partial charge in [-0.2, -0.15) is 15.0 Å². The summed E-state index contributed by atoms with van der Waals surface area (Å²) in [6.45, 7) is 13.9. The summed E-state index contributed by atoms with van der Waals surface area (Å²) >= 11 is 0. The van der Waals surface area contributed by atoms with E-state index >= 15 is 0 Å². The lowest BCUT2D eigenvalue weighted by Gasteiger charge is -2.29. The Kier molecular flexibility index (Phi) is 25.6. The lowest BCUT2D eigenvalue weighted by Crippen LogP contribution is -2.45. The predicted octanol–water partition coefficient (Wildman–Crippen LogP) is 13.2. The average molecular weight is 893 g/mol. The molecule has 14 heteroatoms. The fraction of sp³-hybridized carbons (Fsp3) is 0.646. The Labute approximate surface area is 375 Å². The maximum atomic E-state index is 12.7. The molecule has 1 atom stereocenters. The van der Waals surface area contributed by atoms with Crippen molar-refractivity contribution < 1.29 is 28.0 Å². The van der Waals surface area contributed by atoms with Crippen molar-refractivity contribution in [1.82, 2.24) is 15.0 Å². The van der Waals surface area contributed by atoms with Gasteiger partial charge < -0.3 is 34.3 Å². The Bertz CT molecular complexity index is 1570. The minimum Gasteiger partial charge on any atom is -0.462 e. The fourth-order valence-electron chi connectivity index (χ4n) is 7.21. The van der Waals surface area contributed by atoms with Crippen LogP contribution in [-0.2, 0) is 13.6 Å². The number of benzene rings is 2. The second-order valence-electron chi connectivity index (χ2n) is 17.8. The molecule has 12 nitrogen and oxygen atoms in total. The molecule has 0 fully saturated rings. The number of carbonyl (C=O) groups excluding carboxylic acids is 2. The van der Waals surface area contributed by atoms with Crippen LogP contribution in [0.4, 0.5) is 29.2 Å². The van der Waals surface area contributed by atoms with Gasteiger partial charge in [0.05, 0.1) is 24.3 Å². The zero-order chi connectivity index (χ0) is 44.9. The summed E-state index contributed by atoms with van der Waals surface area (Å²) in [6, 6.07) is 14.7. The van der Waals surface area contributed by atoms with Gasteiger partial charge in [0.1, 0.15) is 0 Å². The predicted molar refractivity (Wildman–Crippen MR) is 260 cm³/mol. The van der Waals surface area contributed by atoms with E-state index in [0.29, 0.717) is 60.7 Å². The first-order valence-corrected chi connectivity index (χ1v) is 29.9. The number of carbonyl (C=O) groups is 2. The Morgan fingerprint density at radius 1 is 0.516 bits per heavy atom.